The van der Waals surface area contributed by atoms with Crippen LogP contribution in [-0.2, 0) is 9.57 Å². The van der Waals surface area contributed by atoms with Crippen LogP contribution >= 0.6 is 0 Å². The van der Waals surface area contributed by atoms with Crippen molar-refractivity contribution in [3.8, 4) is 0 Å². The molecule has 1 aromatic carbocycles. The Kier molecular flexibility index (Phi) is 6.71. The molecule has 7 heteroatoms. The van der Waals surface area contributed by atoms with Gasteiger partial charge in [-0.15, -0.1) is 11.6 Å². The number of allylic oxidation sites excluding steroid dienone is 1. The third-order valence-corrected chi connectivity index (χ3v) is 3.75. The van der Waals surface area contributed by atoms with Crippen LogP contribution in [0.1, 0.15) is 40.0 Å². The molecule has 0 unspecified atom stereocenters. The number of carbonyl (C=O) groups is 3. The van der Waals surface area contributed by atoms with Gasteiger partial charge in [-0.3, -0.25) is 14.4 Å². The fraction of sp³-hybridized carbons (Fsp3) is 0.389. The second kappa shape index (κ2) is 8.98. The Morgan fingerprint density at radius 3 is 2.40 bits per heavy atom. The smallest absolute Gasteiger partial charge is 0.409 e. The van der Waals surface area contributed by atoms with E-state index in [1.54, 1.807) is 31.3 Å². The molecule has 0 saturated heterocycles. The Morgan fingerprint density at radius 2 is 1.80 bits per heavy atom. The normalized spacial score (nSPS) is 12.9. The Bertz CT molecular complexity index is 624. The first-order valence-electron chi connectivity index (χ1n) is 8.15. The van der Waals surface area contributed by atoms with Gasteiger partial charge in [0.1, 0.15) is 13.2 Å². The molecular weight excluding hydrogens is 324 g/mol. The zero-order valence-electron chi connectivity index (χ0n) is 14.3. The lowest BCUT2D eigenvalue weighted by molar-refractivity contribution is -0.101. The van der Waals surface area contributed by atoms with Crippen LogP contribution in [0.15, 0.2) is 36.9 Å². The second-order valence-corrected chi connectivity index (χ2v) is 5.60. The molecule has 7 nitrogen and oxygen atoms in total. The van der Waals surface area contributed by atoms with Crippen molar-refractivity contribution in [2.45, 2.75) is 19.3 Å². The van der Waals surface area contributed by atoms with Gasteiger partial charge >= 0.3 is 6.09 Å². The van der Waals surface area contributed by atoms with E-state index in [1.807, 2.05) is 6.08 Å². The van der Waals surface area contributed by atoms with Crippen molar-refractivity contribution in [3.63, 3.8) is 0 Å². The minimum Gasteiger partial charge on any atom is -0.447 e. The zero-order valence-corrected chi connectivity index (χ0v) is 14.3. The van der Waals surface area contributed by atoms with Gasteiger partial charge in [0.15, 0.2) is 0 Å². The van der Waals surface area contributed by atoms with Gasteiger partial charge in [0.05, 0.1) is 11.1 Å². The highest BCUT2D eigenvalue weighted by Gasteiger charge is 2.36. The Labute approximate surface area is 146 Å². The van der Waals surface area contributed by atoms with Crippen molar-refractivity contribution in [1.82, 2.24) is 9.96 Å². The molecule has 1 aromatic rings. The minimum absolute atomic E-state index is 0.0523. The molecule has 0 aromatic heterocycles. The third kappa shape index (κ3) is 4.67. The molecule has 0 atom stereocenters. The van der Waals surface area contributed by atoms with Gasteiger partial charge in [0, 0.05) is 13.6 Å². The van der Waals surface area contributed by atoms with Gasteiger partial charge in [0.25, 0.3) is 11.8 Å². The summed E-state index contributed by atoms with van der Waals surface area (Å²) >= 11 is 0. The first-order valence-corrected chi connectivity index (χ1v) is 8.15. The molecule has 0 saturated carbocycles. The molecule has 2 rings (SSSR count). The largest absolute Gasteiger partial charge is 0.447 e. The maximum absolute atomic E-state index is 12.1. The van der Waals surface area contributed by atoms with Gasteiger partial charge in [-0.25, -0.2) is 4.79 Å². The van der Waals surface area contributed by atoms with E-state index in [0.29, 0.717) is 22.7 Å². The fourth-order valence-corrected chi connectivity index (χ4v) is 2.38. The van der Waals surface area contributed by atoms with Crippen molar-refractivity contribution in [1.29, 1.82) is 0 Å². The molecule has 1 aliphatic rings. The monoisotopic (exact) mass is 346 g/mol. The predicted molar refractivity (Wildman–Crippen MR) is 90.9 cm³/mol. The van der Waals surface area contributed by atoms with Crippen LogP contribution in [0.2, 0.25) is 0 Å². The summed E-state index contributed by atoms with van der Waals surface area (Å²) in [4.78, 5) is 42.6. The summed E-state index contributed by atoms with van der Waals surface area (Å²) in [5.74, 6) is -1.02. The van der Waals surface area contributed by atoms with Crippen LogP contribution in [0.3, 0.4) is 0 Å². The lowest BCUT2D eigenvalue weighted by Crippen LogP contribution is -2.33. The molecule has 0 spiro atoms. The number of ether oxygens (including phenoxy) is 1. The number of nitrogens with zero attached hydrogens (tertiary/aromatic N) is 2. The summed E-state index contributed by atoms with van der Waals surface area (Å²) in [6.07, 6.45) is 4.11. The van der Waals surface area contributed by atoms with E-state index in [4.69, 9.17) is 9.57 Å². The van der Waals surface area contributed by atoms with E-state index in [1.165, 1.54) is 4.90 Å². The minimum atomic E-state index is -0.508. The number of amides is 3. The summed E-state index contributed by atoms with van der Waals surface area (Å²) in [5, 5.41) is 0.706. The van der Waals surface area contributed by atoms with Crippen LogP contribution in [0.5, 0.6) is 0 Å². The van der Waals surface area contributed by atoms with E-state index < -0.39 is 17.9 Å². The molecule has 134 valence electrons. The number of rotatable bonds is 9. The van der Waals surface area contributed by atoms with E-state index in [2.05, 4.69) is 6.58 Å². The Balaban J connectivity index is 1.70. The number of hydroxylamine groups is 2. The first kappa shape index (κ1) is 18.7. The first-order chi connectivity index (χ1) is 12.1. The van der Waals surface area contributed by atoms with E-state index in [-0.39, 0.29) is 13.2 Å². The van der Waals surface area contributed by atoms with Crippen LogP contribution in [0, 0.1) is 0 Å². The predicted octanol–water partition coefficient (Wildman–Crippen LogP) is 2.64. The number of carbonyl (C=O) groups excluding carboxylic acids is 3. The van der Waals surface area contributed by atoms with E-state index in [0.717, 1.165) is 19.3 Å². The third-order valence-electron chi connectivity index (χ3n) is 3.75. The van der Waals surface area contributed by atoms with Crippen molar-refractivity contribution in [2.75, 3.05) is 26.8 Å². The van der Waals surface area contributed by atoms with Crippen LogP contribution in [0.4, 0.5) is 4.79 Å². The van der Waals surface area contributed by atoms with E-state index in [9.17, 15) is 14.4 Å². The highest BCUT2D eigenvalue weighted by Crippen LogP contribution is 2.22. The molecule has 0 bridgehead atoms. The van der Waals surface area contributed by atoms with Gasteiger partial charge in [-0.05, 0) is 31.4 Å². The Hall–Kier alpha value is -2.67. The summed E-state index contributed by atoms with van der Waals surface area (Å²) in [6.45, 7) is 4.10. The number of hydrogen-bond donors (Lipinski definition) is 0. The molecule has 0 N–H and O–H groups in total. The van der Waals surface area contributed by atoms with Crippen LogP contribution in [0.25, 0.3) is 0 Å². The molecule has 0 fully saturated rings. The highest BCUT2D eigenvalue weighted by atomic mass is 16.7. The average Bonchev–Trinajstić information content (AvgIpc) is 2.87. The summed E-state index contributed by atoms with van der Waals surface area (Å²) < 4.78 is 5.06. The van der Waals surface area contributed by atoms with Crippen LogP contribution in [-0.4, -0.2) is 54.7 Å². The standard InChI is InChI=1S/C18H22N2O5/c1-3-4-5-8-11-19(2)18(23)24-12-13-25-20-16(21)14-9-6-7-10-15(14)17(20)22/h3,6-7,9-10H,1,4-5,8,11-13H2,2H3. The van der Waals surface area contributed by atoms with Gasteiger partial charge < -0.3 is 9.64 Å². The SMILES string of the molecule is C=CCCCCN(C)C(=O)OCCON1C(=O)c2ccccc2C1=O. The Morgan fingerprint density at radius 1 is 1.16 bits per heavy atom. The quantitative estimate of drug-likeness (QED) is 0.390. The van der Waals surface area contributed by atoms with Gasteiger partial charge in [-0.1, -0.05) is 18.2 Å². The average molecular weight is 346 g/mol. The van der Waals surface area contributed by atoms with Crippen molar-refractivity contribution in [2.24, 2.45) is 0 Å². The number of hydrogen-bond acceptors (Lipinski definition) is 5. The van der Waals surface area contributed by atoms with Gasteiger partial charge in [-0.2, -0.15) is 0 Å². The number of benzene rings is 1. The summed E-state index contributed by atoms with van der Waals surface area (Å²) in [5.41, 5.74) is 0.618. The molecule has 25 heavy (non-hydrogen) atoms. The van der Waals surface area contributed by atoms with E-state index >= 15 is 0 Å². The molecule has 1 aliphatic heterocycles. The molecule has 3 amide bonds. The number of imide groups is 1. The second-order valence-electron chi connectivity index (χ2n) is 5.60. The maximum Gasteiger partial charge on any atom is 0.409 e. The van der Waals surface area contributed by atoms with Crippen molar-refractivity contribution < 1.29 is 24.0 Å². The summed E-state index contributed by atoms with van der Waals surface area (Å²) in [6, 6.07) is 6.50. The van der Waals surface area contributed by atoms with Crippen molar-refractivity contribution in [3.05, 3.63) is 48.0 Å². The molecule has 1 heterocycles. The fourth-order valence-electron chi connectivity index (χ4n) is 2.38. The van der Waals surface area contributed by atoms with Crippen LogP contribution < -0.4 is 0 Å². The number of unbranched alkanes of at least 4 members (excludes halogenated alkanes) is 2. The molecular formula is C18H22N2O5. The zero-order chi connectivity index (χ0) is 18.2. The van der Waals surface area contributed by atoms with Gasteiger partial charge in [0.2, 0.25) is 0 Å². The topological polar surface area (TPSA) is 76.2 Å². The lowest BCUT2D eigenvalue weighted by atomic mass is 10.1. The highest BCUT2D eigenvalue weighted by molar-refractivity contribution is 6.20. The van der Waals surface area contributed by atoms with Crippen molar-refractivity contribution >= 4 is 17.9 Å². The maximum atomic E-state index is 12.1. The molecule has 0 aliphatic carbocycles. The lowest BCUT2D eigenvalue weighted by Gasteiger charge is -2.17. The summed E-state index contributed by atoms with van der Waals surface area (Å²) in [7, 11) is 1.65. The number of fused-ring (bicyclic) bond motifs is 1. The molecule has 0 radical (unpaired) electrons.